The Hall–Kier alpha value is -1.28. The van der Waals surface area contributed by atoms with E-state index in [2.05, 4.69) is 6.58 Å². The van der Waals surface area contributed by atoms with Gasteiger partial charge in [0.1, 0.15) is 11.4 Å². The summed E-state index contributed by atoms with van der Waals surface area (Å²) in [6, 6.07) is 5.69. The van der Waals surface area contributed by atoms with Gasteiger partial charge in [0.25, 0.3) is 0 Å². The number of ether oxygens (including phenoxy) is 1. The molecule has 1 rings (SSSR count). The van der Waals surface area contributed by atoms with Crippen molar-refractivity contribution < 1.29 is 9.84 Å². The van der Waals surface area contributed by atoms with Gasteiger partial charge >= 0.3 is 0 Å². The Morgan fingerprint density at radius 1 is 1.50 bits per heavy atom. The largest absolute Gasteiger partial charge is 0.496 e. The second kappa shape index (κ2) is 3.84. The molecule has 14 heavy (non-hydrogen) atoms. The molecule has 0 amide bonds. The van der Waals surface area contributed by atoms with Gasteiger partial charge in [-0.05, 0) is 25.5 Å². The first-order valence-electron chi connectivity index (χ1n) is 4.52. The maximum absolute atomic E-state index is 10.00. The van der Waals surface area contributed by atoms with Crippen LogP contribution < -0.4 is 4.74 Å². The molecule has 0 aliphatic carbocycles. The topological polar surface area (TPSA) is 29.5 Å². The Morgan fingerprint density at radius 2 is 2.14 bits per heavy atom. The summed E-state index contributed by atoms with van der Waals surface area (Å²) < 4.78 is 5.21. The fourth-order valence-corrected chi connectivity index (χ4v) is 1.33. The molecule has 0 heterocycles. The lowest BCUT2D eigenvalue weighted by molar-refractivity contribution is 0.108. The van der Waals surface area contributed by atoms with E-state index in [1.165, 1.54) is 6.08 Å². The van der Waals surface area contributed by atoms with Crippen LogP contribution in [-0.2, 0) is 5.60 Å². The molecular weight excluding hydrogens is 176 g/mol. The summed E-state index contributed by atoms with van der Waals surface area (Å²) in [5.74, 6) is 0.690. The third-order valence-electron chi connectivity index (χ3n) is 2.30. The first-order chi connectivity index (χ1) is 6.51. The first-order valence-corrected chi connectivity index (χ1v) is 4.52. The molecule has 0 aliphatic heterocycles. The summed E-state index contributed by atoms with van der Waals surface area (Å²) in [5.41, 5.74) is 0.796. The summed E-state index contributed by atoms with van der Waals surface area (Å²) in [6.45, 7) is 7.27. The number of hydrogen-bond donors (Lipinski definition) is 1. The summed E-state index contributed by atoms with van der Waals surface area (Å²) >= 11 is 0. The average Bonchev–Trinajstić information content (AvgIpc) is 2.17. The van der Waals surface area contributed by atoms with Gasteiger partial charge in [0.05, 0.1) is 7.11 Å². The molecule has 76 valence electrons. The lowest BCUT2D eigenvalue weighted by Crippen LogP contribution is -2.18. The van der Waals surface area contributed by atoms with Gasteiger partial charge in [-0.3, -0.25) is 0 Å². The molecule has 1 N–H and O–H groups in total. The quantitative estimate of drug-likeness (QED) is 0.745. The van der Waals surface area contributed by atoms with Crippen LogP contribution in [0, 0.1) is 6.92 Å². The van der Waals surface area contributed by atoms with E-state index in [9.17, 15) is 5.11 Å². The summed E-state index contributed by atoms with van der Waals surface area (Å²) in [5, 5.41) is 10.00. The minimum absolute atomic E-state index is 0.690. The Bertz CT molecular complexity index is 340. The van der Waals surface area contributed by atoms with Crippen molar-refractivity contribution in [3.8, 4) is 5.75 Å². The number of rotatable bonds is 3. The van der Waals surface area contributed by atoms with Gasteiger partial charge in [0, 0.05) is 5.56 Å². The first kappa shape index (κ1) is 10.8. The van der Waals surface area contributed by atoms with E-state index < -0.39 is 5.60 Å². The van der Waals surface area contributed by atoms with Crippen LogP contribution in [0.25, 0.3) is 0 Å². The molecule has 0 saturated carbocycles. The predicted octanol–water partition coefficient (Wildman–Crippen LogP) is 2.40. The van der Waals surface area contributed by atoms with E-state index in [1.807, 2.05) is 25.1 Å². The Morgan fingerprint density at radius 3 is 2.64 bits per heavy atom. The Labute approximate surface area is 84.8 Å². The van der Waals surface area contributed by atoms with Crippen molar-refractivity contribution in [2.45, 2.75) is 19.4 Å². The highest BCUT2D eigenvalue weighted by molar-refractivity contribution is 5.42. The van der Waals surface area contributed by atoms with Crippen LogP contribution in [0.2, 0.25) is 0 Å². The predicted molar refractivity (Wildman–Crippen MR) is 57.5 cm³/mol. The summed E-state index contributed by atoms with van der Waals surface area (Å²) in [6.07, 6.45) is 1.50. The van der Waals surface area contributed by atoms with Crippen LogP contribution in [0.1, 0.15) is 18.1 Å². The van der Waals surface area contributed by atoms with Gasteiger partial charge in [0.15, 0.2) is 0 Å². The van der Waals surface area contributed by atoms with Crippen molar-refractivity contribution in [1.82, 2.24) is 0 Å². The molecule has 2 nitrogen and oxygen atoms in total. The molecule has 1 aromatic rings. The number of aliphatic hydroxyl groups is 1. The van der Waals surface area contributed by atoms with E-state index in [0.29, 0.717) is 5.75 Å². The smallest absolute Gasteiger partial charge is 0.125 e. The minimum Gasteiger partial charge on any atom is -0.496 e. The number of aryl methyl sites for hydroxylation is 1. The number of methoxy groups -OCH3 is 1. The standard InChI is InChI=1S/C12H16O2/c1-5-12(3,13)10-7-6-9(2)8-11(10)14-4/h5-8,13H,1H2,2-4H3. The Balaban J connectivity index is 3.27. The maximum Gasteiger partial charge on any atom is 0.125 e. The molecule has 0 aliphatic rings. The summed E-state index contributed by atoms with van der Waals surface area (Å²) in [4.78, 5) is 0. The second-order valence-electron chi connectivity index (χ2n) is 3.56. The fourth-order valence-electron chi connectivity index (χ4n) is 1.33. The SMILES string of the molecule is C=CC(C)(O)c1ccc(C)cc1OC. The zero-order valence-corrected chi connectivity index (χ0v) is 8.87. The molecule has 0 aromatic heterocycles. The van der Waals surface area contributed by atoms with Crippen LogP contribution in [0.15, 0.2) is 30.9 Å². The molecule has 1 atom stereocenters. The van der Waals surface area contributed by atoms with E-state index >= 15 is 0 Å². The lowest BCUT2D eigenvalue weighted by atomic mass is 9.94. The molecule has 2 heteroatoms. The van der Waals surface area contributed by atoms with Crippen LogP contribution in [0.4, 0.5) is 0 Å². The zero-order valence-electron chi connectivity index (χ0n) is 8.87. The van der Waals surface area contributed by atoms with Crippen molar-refractivity contribution in [2.75, 3.05) is 7.11 Å². The molecule has 1 aromatic carbocycles. The maximum atomic E-state index is 10.00. The van der Waals surface area contributed by atoms with E-state index in [0.717, 1.165) is 11.1 Å². The number of benzene rings is 1. The van der Waals surface area contributed by atoms with Gasteiger partial charge < -0.3 is 9.84 Å². The van der Waals surface area contributed by atoms with E-state index in [4.69, 9.17) is 4.74 Å². The van der Waals surface area contributed by atoms with Gasteiger partial charge in [-0.15, -0.1) is 0 Å². The molecule has 0 fully saturated rings. The third-order valence-corrected chi connectivity index (χ3v) is 2.30. The Kier molecular flexibility index (Phi) is 2.96. The van der Waals surface area contributed by atoms with Crippen molar-refractivity contribution in [1.29, 1.82) is 0 Å². The average molecular weight is 192 g/mol. The van der Waals surface area contributed by atoms with Crippen LogP contribution in [-0.4, -0.2) is 12.2 Å². The van der Waals surface area contributed by atoms with Crippen LogP contribution in [0.5, 0.6) is 5.75 Å². The fraction of sp³-hybridized carbons (Fsp3) is 0.333. The van der Waals surface area contributed by atoms with Crippen molar-refractivity contribution in [3.63, 3.8) is 0 Å². The van der Waals surface area contributed by atoms with Gasteiger partial charge in [-0.1, -0.05) is 24.8 Å². The van der Waals surface area contributed by atoms with Crippen molar-refractivity contribution in [2.24, 2.45) is 0 Å². The van der Waals surface area contributed by atoms with Crippen molar-refractivity contribution >= 4 is 0 Å². The highest BCUT2D eigenvalue weighted by atomic mass is 16.5. The zero-order chi connectivity index (χ0) is 10.8. The lowest BCUT2D eigenvalue weighted by Gasteiger charge is -2.22. The minimum atomic E-state index is -1.04. The van der Waals surface area contributed by atoms with Crippen LogP contribution in [0.3, 0.4) is 0 Å². The van der Waals surface area contributed by atoms with E-state index in [-0.39, 0.29) is 0 Å². The number of hydrogen-bond acceptors (Lipinski definition) is 2. The van der Waals surface area contributed by atoms with Gasteiger partial charge in [-0.2, -0.15) is 0 Å². The monoisotopic (exact) mass is 192 g/mol. The molecule has 0 saturated heterocycles. The van der Waals surface area contributed by atoms with Crippen LogP contribution >= 0.6 is 0 Å². The van der Waals surface area contributed by atoms with Gasteiger partial charge in [0.2, 0.25) is 0 Å². The summed E-state index contributed by atoms with van der Waals surface area (Å²) in [7, 11) is 1.59. The molecule has 0 bridgehead atoms. The molecule has 0 radical (unpaired) electrons. The second-order valence-corrected chi connectivity index (χ2v) is 3.56. The van der Waals surface area contributed by atoms with E-state index in [1.54, 1.807) is 14.0 Å². The molecular formula is C12H16O2. The van der Waals surface area contributed by atoms with Gasteiger partial charge in [-0.25, -0.2) is 0 Å². The highest BCUT2D eigenvalue weighted by Crippen LogP contribution is 2.31. The molecule has 0 spiro atoms. The third kappa shape index (κ3) is 1.96. The molecule has 1 unspecified atom stereocenters. The highest BCUT2D eigenvalue weighted by Gasteiger charge is 2.22. The normalized spacial score (nSPS) is 14.6. The van der Waals surface area contributed by atoms with Crippen molar-refractivity contribution in [3.05, 3.63) is 42.0 Å².